The van der Waals surface area contributed by atoms with Gasteiger partial charge in [0.2, 0.25) is 0 Å². The van der Waals surface area contributed by atoms with Crippen LogP contribution >= 0.6 is 0 Å². The molecule has 2 atom stereocenters. The highest BCUT2D eigenvalue weighted by Gasteiger charge is 2.21. The minimum atomic E-state index is -0.141. The third-order valence-electron chi connectivity index (χ3n) is 4.55. The van der Waals surface area contributed by atoms with Crippen molar-refractivity contribution < 1.29 is 9.53 Å². The Kier molecular flexibility index (Phi) is 5.10. The summed E-state index contributed by atoms with van der Waals surface area (Å²) in [5, 5.41) is 2.93. The van der Waals surface area contributed by atoms with Crippen molar-refractivity contribution in [3.8, 4) is 0 Å². The summed E-state index contributed by atoms with van der Waals surface area (Å²) in [7, 11) is 0. The monoisotopic (exact) mass is 318 g/mol. The molecule has 126 valence electrons. The zero-order valence-corrected chi connectivity index (χ0v) is 14.0. The summed E-state index contributed by atoms with van der Waals surface area (Å²) in [6, 6.07) is 1.82. The van der Waals surface area contributed by atoms with Gasteiger partial charge in [0, 0.05) is 32.3 Å². The van der Waals surface area contributed by atoms with Gasteiger partial charge in [-0.05, 0) is 38.5 Å². The second-order valence-electron chi connectivity index (χ2n) is 6.70. The van der Waals surface area contributed by atoms with Crippen LogP contribution in [0.2, 0.25) is 0 Å². The van der Waals surface area contributed by atoms with E-state index in [1.807, 2.05) is 13.0 Å². The Balaban J connectivity index is 1.67. The van der Waals surface area contributed by atoms with Gasteiger partial charge in [0.1, 0.15) is 17.3 Å². The van der Waals surface area contributed by atoms with E-state index in [0.29, 0.717) is 24.0 Å². The van der Waals surface area contributed by atoms with Crippen molar-refractivity contribution in [3.63, 3.8) is 0 Å². The molecule has 6 nitrogen and oxygen atoms in total. The van der Waals surface area contributed by atoms with E-state index in [4.69, 9.17) is 4.74 Å². The quantitative estimate of drug-likeness (QED) is 0.919. The van der Waals surface area contributed by atoms with Gasteiger partial charge >= 0.3 is 0 Å². The smallest absolute Gasteiger partial charge is 0.270 e. The van der Waals surface area contributed by atoms with Crippen LogP contribution in [-0.4, -0.2) is 48.2 Å². The Hall–Kier alpha value is -1.69. The summed E-state index contributed by atoms with van der Waals surface area (Å²) in [6.07, 6.45) is 4.66. The number of hydrogen-bond donors (Lipinski definition) is 1. The molecule has 1 N–H and O–H groups in total. The molecule has 23 heavy (non-hydrogen) atoms. The predicted octanol–water partition coefficient (Wildman–Crippen LogP) is 1.93. The van der Waals surface area contributed by atoms with E-state index < -0.39 is 0 Å². The molecular formula is C17H26N4O2. The van der Waals surface area contributed by atoms with Crippen LogP contribution in [0.1, 0.15) is 48.9 Å². The molecule has 1 aromatic heterocycles. The van der Waals surface area contributed by atoms with E-state index in [2.05, 4.69) is 27.1 Å². The van der Waals surface area contributed by atoms with Crippen molar-refractivity contribution in [2.45, 2.75) is 45.6 Å². The van der Waals surface area contributed by atoms with Crippen molar-refractivity contribution in [2.24, 2.45) is 5.92 Å². The van der Waals surface area contributed by atoms with Crippen LogP contribution < -0.4 is 10.2 Å². The molecule has 0 bridgehead atoms. The molecule has 2 unspecified atom stereocenters. The number of ether oxygens (including phenoxy) is 1. The van der Waals surface area contributed by atoms with E-state index in [1.165, 1.54) is 12.8 Å². The molecule has 3 rings (SSSR count). The van der Waals surface area contributed by atoms with Gasteiger partial charge in [-0.25, -0.2) is 9.97 Å². The van der Waals surface area contributed by atoms with Gasteiger partial charge < -0.3 is 15.0 Å². The number of rotatable bonds is 4. The highest BCUT2D eigenvalue weighted by molar-refractivity contribution is 5.93. The fourth-order valence-electron chi connectivity index (χ4n) is 3.33. The average Bonchev–Trinajstić information content (AvgIpc) is 3.05. The lowest BCUT2D eigenvalue weighted by Crippen LogP contribution is -2.36. The Bertz CT molecular complexity index is 558. The number of amides is 1. The normalized spacial score (nSPS) is 24.7. The highest BCUT2D eigenvalue weighted by Crippen LogP contribution is 2.22. The average molecular weight is 318 g/mol. The molecule has 0 saturated carbocycles. The molecule has 6 heteroatoms. The summed E-state index contributed by atoms with van der Waals surface area (Å²) in [5.41, 5.74) is 0.448. The molecule has 0 aliphatic carbocycles. The standard InChI is InChI=1S/C17H26N4O2/c1-12-5-3-7-21(11-12)16-9-15(19-13(2)20-16)17(22)18-10-14-6-4-8-23-14/h9,12,14H,3-8,10-11H2,1-2H3,(H,18,22). The number of carbonyl (C=O) groups excluding carboxylic acids is 1. The van der Waals surface area contributed by atoms with E-state index in [1.54, 1.807) is 0 Å². The largest absolute Gasteiger partial charge is 0.376 e. The van der Waals surface area contributed by atoms with Gasteiger partial charge in [0.15, 0.2) is 0 Å². The van der Waals surface area contributed by atoms with E-state index in [0.717, 1.165) is 38.4 Å². The lowest BCUT2D eigenvalue weighted by atomic mass is 10.0. The van der Waals surface area contributed by atoms with Crippen LogP contribution in [0.5, 0.6) is 0 Å². The zero-order valence-electron chi connectivity index (χ0n) is 14.0. The molecule has 0 spiro atoms. The summed E-state index contributed by atoms with van der Waals surface area (Å²) < 4.78 is 5.54. The first-order chi connectivity index (χ1) is 11.1. The van der Waals surface area contributed by atoms with Gasteiger partial charge in [-0.1, -0.05) is 6.92 Å². The van der Waals surface area contributed by atoms with Gasteiger partial charge in [0.05, 0.1) is 6.10 Å². The van der Waals surface area contributed by atoms with Gasteiger partial charge in [-0.15, -0.1) is 0 Å². The lowest BCUT2D eigenvalue weighted by Gasteiger charge is -2.32. The molecule has 2 aliphatic rings. The third kappa shape index (κ3) is 4.19. The third-order valence-corrected chi connectivity index (χ3v) is 4.55. The molecule has 3 heterocycles. The Morgan fingerprint density at radius 2 is 2.26 bits per heavy atom. The highest BCUT2D eigenvalue weighted by atomic mass is 16.5. The summed E-state index contributed by atoms with van der Waals surface area (Å²) in [5.74, 6) is 2.03. The molecule has 2 saturated heterocycles. The van der Waals surface area contributed by atoms with Crippen LogP contribution in [0, 0.1) is 12.8 Å². The number of aryl methyl sites for hydroxylation is 1. The summed E-state index contributed by atoms with van der Waals surface area (Å²) in [6.45, 7) is 7.44. The van der Waals surface area contributed by atoms with Crippen molar-refractivity contribution in [2.75, 3.05) is 31.1 Å². The molecule has 2 fully saturated rings. The number of nitrogens with zero attached hydrogens (tertiary/aromatic N) is 3. The van der Waals surface area contributed by atoms with E-state index in [9.17, 15) is 4.79 Å². The van der Waals surface area contributed by atoms with Crippen molar-refractivity contribution in [1.82, 2.24) is 15.3 Å². The van der Waals surface area contributed by atoms with E-state index in [-0.39, 0.29) is 12.0 Å². The van der Waals surface area contributed by atoms with Crippen LogP contribution in [0.4, 0.5) is 5.82 Å². The first kappa shape index (κ1) is 16.2. The lowest BCUT2D eigenvalue weighted by molar-refractivity contribution is 0.0853. The zero-order chi connectivity index (χ0) is 16.2. The number of nitrogens with one attached hydrogen (secondary N) is 1. The van der Waals surface area contributed by atoms with Gasteiger partial charge in [-0.2, -0.15) is 0 Å². The molecule has 0 radical (unpaired) electrons. The van der Waals surface area contributed by atoms with Crippen LogP contribution in [-0.2, 0) is 4.74 Å². The first-order valence-electron chi connectivity index (χ1n) is 8.62. The molecule has 1 amide bonds. The number of anilines is 1. The minimum absolute atomic E-state index is 0.141. The topological polar surface area (TPSA) is 67.3 Å². The van der Waals surface area contributed by atoms with Crippen LogP contribution in [0.3, 0.4) is 0 Å². The minimum Gasteiger partial charge on any atom is -0.376 e. The van der Waals surface area contributed by atoms with Crippen molar-refractivity contribution in [1.29, 1.82) is 0 Å². The van der Waals surface area contributed by atoms with E-state index >= 15 is 0 Å². The number of hydrogen-bond acceptors (Lipinski definition) is 5. The Morgan fingerprint density at radius 1 is 1.39 bits per heavy atom. The number of carbonyl (C=O) groups is 1. The number of piperidine rings is 1. The fraction of sp³-hybridized carbons (Fsp3) is 0.706. The second kappa shape index (κ2) is 7.25. The number of aromatic nitrogens is 2. The maximum atomic E-state index is 12.4. The van der Waals surface area contributed by atoms with Crippen molar-refractivity contribution >= 4 is 11.7 Å². The Labute approximate surface area is 137 Å². The molecule has 1 aromatic rings. The van der Waals surface area contributed by atoms with Crippen LogP contribution in [0.15, 0.2) is 6.07 Å². The maximum absolute atomic E-state index is 12.4. The van der Waals surface area contributed by atoms with Gasteiger partial charge in [0.25, 0.3) is 5.91 Å². The summed E-state index contributed by atoms with van der Waals surface area (Å²) in [4.78, 5) is 23.5. The van der Waals surface area contributed by atoms with Gasteiger partial charge in [-0.3, -0.25) is 4.79 Å². The van der Waals surface area contributed by atoms with Crippen LogP contribution in [0.25, 0.3) is 0 Å². The van der Waals surface area contributed by atoms with Crippen molar-refractivity contribution in [3.05, 3.63) is 17.6 Å². The molecule has 2 aliphatic heterocycles. The maximum Gasteiger partial charge on any atom is 0.270 e. The first-order valence-corrected chi connectivity index (χ1v) is 8.62. The second-order valence-corrected chi connectivity index (χ2v) is 6.70. The molecule has 0 aromatic carbocycles. The predicted molar refractivity (Wildman–Crippen MR) is 88.7 cm³/mol. The SMILES string of the molecule is Cc1nc(C(=O)NCC2CCCO2)cc(N2CCCC(C)C2)n1. The summed E-state index contributed by atoms with van der Waals surface area (Å²) >= 11 is 0. The molecular weight excluding hydrogens is 292 g/mol. The Morgan fingerprint density at radius 3 is 3.00 bits per heavy atom. The fourth-order valence-corrected chi connectivity index (χ4v) is 3.33.